The molecule has 0 amide bonds. The van der Waals surface area contributed by atoms with Gasteiger partial charge >= 0.3 is 0 Å². The van der Waals surface area contributed by atoms with Crippen LogP contribution in [-0.2, 0) is 0 Å². The van der Waals surface area contributed by atoms with Crippen LogP contribution in [0.5, 0.6) is 0 Å². The molecule has 0 atom stereocenters. The maximum Gasteiger partial charge on any atom is 0.0977 e. The van der Waals surface area contributed by atoms with Gasteiger partial charge in [0, 0.05) is 32.6 Å². The Morgan fingerprint density at radius 1 is 1.21 bits per heavy atom. The van der Waals surface area contributed by atoms with Crippen molar-refractivity contribution in [2.75, 3.05) is 45.8 Å². The molecular weight excluding hydrogens is 176 g/mol. The van der Waals surface area contributed by atoms with Gasteiger partial charge in [-0.2, -0.15) is 0 Å². The van der Waals surface area contributed by atoms with Crippen molar-refractivity contribution < 1.29 is 0 Å². The maximum atomic E-state index is 4.41. The smallest absolute Gasteiger partial charge is 0.0977 e. The molecule has 80 valence electrons. The van der Waals surface area contributed by atoms with Crippen LogP contribution in [0.1, 0.15) is 12.8 Å². The molecule has 0 aromatic rings. The number of hydrogen-bond donors (Lipinski definition) is 2. The van der Waals surface area contributed by atoms with Crippen molar-refractivity contribution in [3.8, 4) is 0 Å². The quantitative estimate of drug-likeness (QED) is 0.649. The summed E-state index contributed by atoms with van der Waals surface area (Å²) in [6, 6.07) is 0. The van der Waals surface area contributed by atoms with Crippen molar-refractivity contribution >= 4 is 5.84 Å². The lowest BCUT2D eigenvalue weighted by Crippen LogP contribution is -2.32. The number of amidine groups is 1. The van der Waals surface area contributed by atoms with Crippen LogP contribution in [0.15, 0.2) is 4.99 Å². The zero-order chi connectivity index (χ0) is 9.64. The zero-order valence-corrected chi connectivity index (χ0v) is 8.76. The minimum absolute atomic E-state index is 0.969. The lowest BCUT2D eigenvalue weighted by atomic mass is 10.3. The number of rotatable bonds is 3. The Kier molecular flexibility index (Phi) is 3.77. The molecule has 0 radical (unpaired) electrons. The van der Waals surface area contributed by atoms with E-state index in [2.05, 4.69) is 20.5 Å². The van der Waals surface area contributed by atoms with Crippen LogP contribution in [0.4, 0.5) is 0 Å². The molecular formula is C10H20N4. The average Bonchev–Trinajstić information content (AvgIpc) is 2.58. The summed E-state index contributed by atoms with van der Waals surface area (Å²) in [5, 5.41) is 6.74. The molecule has 0 spiro atoms. The molecule has 2 aliphatic heterocycles. The molecule has 2 N–H and O–H groups in total. The standard InChI is InChI=1S/C10H20N4/c1-3-11-6-9-14(7-1)8-2-10-12-4-5-13-10/h11H,1-9H2,(H,12,13). The van der Waals surface area contributed by atoms with Crippen molar-refractivity contribution in [2.24, 2.45) is 4.99 Å². The SMILES string of the molecule is C1CNCCN(CCC2=NCCN2)C1. The Bertz CT molecular complexity index is 194. The van der Waals surface area contributed by atoms with Crippen LogP contribution in [-0.4, -0.2) is 56.5 Å². The van der Waals surface area contributed by atoms with E-state index in [0.717, 1.165) is 32.6 Å². The van der Waals surface area contributed by atoms with Gasteiger partial charge in [-0.05, 0) is 19.5 Å². The summed E-state index contributed by atoms with van der Waals surface area (Å²) in [6.45, 7) is 7.91. The third-order valence-corrected chi connectivity index (χ3v) is 2.84. The summed E-state index contributed by atoms with van der Waals surface area (Å²) < 4.78 is 0. The summed E-state index contributed by atoms with van der Waals surface area (Å²) in [4.78, 5) is 6.94. The van der Waals surface area contributed by atoms with E-state index < -0.39 is 0 Å². The molecule has 4 heteroatoms. The van der Waals surface area contributed by atoms with Crippen LogP contribution in [0.25, 0.3) is 0 Å². The Balaban J connectivity index is 1.68. The predicted molar refractivity (Wildman–Crippen MR) is 58.8 cm³/mol. The van der Waals surface area contributed by atoms with Gasteiger partial charge in [0.1, 0.15) is 0 Å². The van der Waals surface area contributed by atoms with Crippen LogP contribution in [0.3, 0.4) is 0 Å². The zero-order valence-electron chi connectivity index (χ0n) is 8.76. The Labute approximate surface area is 85.8 Å². The van der Waals surface area contributed by atoms with Gasteiger partial charge in [0.2, 0.25) is 0 Å². The second-order valence-corrected chi connectivity index (χ2v) is 3.95. The number of aliphatic imine (C=N–C) groups is 1. The van der Waals surface area contributed by atoms with E-state index in [1.165, 1.54) is 31.9 Å². The van der Waals surface area contributed by atoms with E-state index in [1.807, 2.05) is 0 Å². The highest BCUT2D eigenvalue weighted by molar-refractivity contribution is 5.83. The molecule has 0 aliphatic carbocycles. The van der Waals surface area contributed by atoms with Gasteiger partial charge < -0.3 is 15.5 Å². The molecule has 0 aromatic heterocycles. The summed E-state index contributed by atoms with van der Waals surface area (Å²) in [7, 11) is 0. The largest absolute Gasteiger partial charge is 0.372 e. The van der Waals surface area contributed by atoms with Crippen molar-refractivity contribution in [1.29, 1.82) is 0 Å². The molecule has 0 aromatic carbocycles. The van der Waals surface area contributed by atoms with E-state index in [9.17, 15) is 0 Å². The summed E-state index contributed by atoms with van der Waals surface area (Å²) in [6.07, 6.45) is 2.37. The molecule has 2 heterocycles. The highest BCUT2D eigenvalue weighted by Gasteiger charge is 2.10. The summed E-state index contributed by atoms with van der Waals surface area (Å²) >= 11 is 0. The lowest BCUT2D eigenvalue weighted by Gasteiger charge is -2.18. The molecule has 4 nitrogen and oxygen atoms in total. The van der Waals surface area contributed by atoms with Crippen LogP contribution in [0, 0.1) is 0 Å². The fraction of sp³-hybridized carbons (Fsp3) is 0.900. The van der Waals surface area contributed by atoms with Gasteiger partial charge in [0.25, 0.3) is 0 Å². The normalized spacial score (nSPS) is 24.1. The predicted octanol–water partition coefficient (Wildman–Crippen LogP) is -0.326. The molecule has 1 fully saturated rings. The van der Waals surface area contributed by atoms with Crippen molar-refractivity contribution in [3.63, 3.8) is 0 Å². The van der Waals surface area contributed by atoms with Gasteiger partial charge in [-0.15, -0.1) is 0 Å². The minimum Gasteiger partial charge on any atom is -0.372 e. The first-order valence-electron chi connectivity index (χ1n) is 5.65. The van der Waals surface area contributed by atoms with Crippen molar-refractivity contribution in [1.82, 2.24) is 15.5 Å². The van der Waals surface area contributed by atoms with Gasteiger partial charge in [-0.3, -0.25) is 4.99 Å². The molecule has 14 heavy (non-hydrogen) atoms. The monoisotopic (exact) mass is 196 g/mol. The van der Waals surface area contributed by atoms with Crippen molar-refractivity contribution in [2.45, 2.75) is 12.8 Å². The first-order chi connectivity index (χ1) is 6.95. The van der Waals surface area contributed by atoms with Gasteiger partial charge in [-0.25, -0.2) is 0 Å². The van der Waals surface area contributed by atoms with Gasteiger partial charge in [-0.1, -0.05) is 0 Å². The van der Waals surface area contributed by atoms with E-state index in [0.29, 0.717) is 0 Å². The van der Waals surface area contributed by atoms with E-state index in [1.54, 1.807) is 0 Å². The third kappa shape index (κ3) is 2.96. The highest BCUT2D eigenvalue weighted by Crippen LogP contribution is 1.99. The minimum atomic E-state index is 0.969. The van der Waals surface area contributed by atoms with Crippen LogP contribution >= 0.6 is 0 Å². The Morgan fingerprint density at radius 2 is 2.21 bits per heavy atom. The topological polar surface area (TPSA) is 39.7 Å². The molecule has 0 bridgehead atoms. The lowest BCUT2D eigenvalue weighted by molar-refractivity contribution is 0.301. The summed E-state index contributed by atoms with van der Waals surface area (Å²) in [5.41, 5.74) is 0. The second-order valence-electron chi connectivity index (χ2n) is 3.95. The number of hydrogen-bond acceptors (Lipinski definition) is 4. The number of nitrogens with one attached hydrogen (secondary N) is 2. The molecule has 0 saturated carbocycles. The first kappa shape index (κ1) is 9.93. The molecule has 0 unspecified atom stereocenters. The third-order valence-electron chi connectivity index (χ3n) is 2.84. The molecule has 2 rings (SSSR count). The first-order valence-corrected chi connectivity index (χ1v) is 5.65. The number of nitrogens with zero attached hydrogens (tertiary/aromatic N) is 2. The van der Waals surface area contributed by atoms with Crippen molar-refractivity contribution in [3.05, 3.63) is 0 Å². The van der Waals surface area contributed by atoms with E-state index >= 15 is 0 Å². The fourth-order valence-corrected chi connectivity index (χ4v) is 2.00. The average molecular weight is 196 g/mol. The fourth-order valence-electron chi connectivity index (χ4n) is 2.00. The Hall–Kier alpha value is -0.610. The van der Waals surface area contributed by atoms with Gasteiger partial charge in [0.05, 0.1) is 12.4 Å². The van der Waals surface area contributed by atoms with Gasteiger partial charge in [0.15, 0.2) is 0 Å². The molecule has 2 aliphatic rings. The Morgan fingerprint density at radius 3 is 3.07 bits per heavy atom. The second kappa shape index (κ2) is 5.32. The summed E-state index contributed by atoms with van der Waals surface area (Å²) in [5.74, 6) is 1.21. The van der Waals surface area contributed by atoms with E-state index in [-0.39, 0.29) is 0 Å². The highest BCUT2D eigenvalue weighted by atomic mass is 15.2. The van der Waals surface area contributed by atoms with E-state index in [4.69, 9.17) is 0 Å². The maximum absolute atomic E-state index is 4.41. The molecule has 1 saturated heterocycles. The van der Waals surface area contributed by atoms with Crippen LogP contribution < -0.4 is 10.6 Å². The van der Waals surface area contributed by atoms with Crippen LogP contribution in [0.2, 0.25) is 0 Å².